The Morgan fingerprint density at radius 1 is 0.923 bits per heavy atom. The molecule has 146 valence electrons. The molecule has 1 aromatic carbocycles. The molecule has 1 aliphatic heterocycles. The van der Waals surface area contributed by atoms with Crippen LogP contribution in [-0.2, 0) is 11.2 Å². The molecule has 1 fully saturated rings. The molecule has 0 saturated carbocycles. The predicted molar refractivity (Wildman–Crippen MR) is 111 cm³/mol. The molecule has 0 bridgehead atoms. The molecule has 0 aliphatic carbocycles. The molecular weight excluding hydrogens is 320 g/mol. The number of hydrogen-bond donors (Lipinski definition) is 0. The Morgan fingerprint density at radius 3 is 2.19 bits per heavy atom. The molecule has 0 N–H and O–H groups in total. The lowest BCUT2D eigenvalue weighted by atomic mass is 10.0. The summed E-state index contributed by atoms with van der Waals surface area (Å²) in [6.07, 6.45) is 21.0. The van der Waals surface area contributed by atoms with Gasteiger partial charge in [-0.05, 0) is 44.2 Å². The average Bonchev–Trinajstić information content (AvgIpc) is 3.49. The molecule has 2 rings (SSSR count). The van der Waals surface area contributed by atoms with E-state index in [0.717, 1.165) is 18.8 Å². The number of hydrogen-bond acceptors (Lipinski definition) is 2. The topological polar surface area (TPSA) is 21.8 Å². The van der Waals surface area contributed by atoms with Crippen LogP contribution in [0.2, 0.25) is 0 Å². The fourth-order valence-electron chi connectivity index (χ4n) is 3.36. The molecule has 1 unspecified atom stereocenters. The van der Waals surface area contributed by atoms with E-state index in [1.54, 1.807) is 0 Å². The Balaban J connectivity index is 1.42. The number of unbranched alkanes of at least 4 members (excludes halogenated alkanes) is 10. The van der Waals surface area contributed by atoms with Crippen LogP contribution in [0.3, 0.4) is 0 Å². The molecule has 0 radical (unpaired) electrons. The molecule has 2 nitrogen and oxygen atoms in total. The van der Waals surface area contributed by atoms with Crippen LogP contribution in [0, 0.1) is 0 Å². The summed E-state index contributed by atoms with van der Waals surface area (Å²) < 4.78 is 11.1. The maximum absolute atomic E-state index is 5.90. The highest BCUT2D eigenvalue weighted by molar-refractivity contribution is 5.33. The molecule has 1 heterocycles. The number of rotatable bonds is 16. The number of para-hydroxylation sites is 1. The van der Waals surface area contributed by atoms with Gasteiger partial charge < -0.3 is 9.47 Å². The van der Waals surface area contributed by atoms with Crippen LogP contribution in [0.25, 0.3) is 0 Å². The van der Waals surface area contributed by atoms with Crippen molar-refractivity contribution in [3.05, 3.63) is 42.0 Å². The molecule has 0 spiro atoms. The molecule has 1 aliphatic rings. The lowest BCUT2D eigenvalue weighted by Gasteiger charge is -2.10. The van der Waals surface area contributed by atoms with E-state index in [2.05, 4.69) is 43.3 Å². The van der Waals surface area contributed by atoms with Crippen LogP contribution in [0.15, 0.2) is 36.4 Å². The summed E-state index contributed by atoms with van der Waals surface area (Å²) >= 11 is 0. The maximum atomic E-state index is 5.90. The number of epoxide rings is 1. The fourth-order valence-corrected chi connectivity index (χ4v) is 3.36. The number of benzene rings is 1. The number of ether oxygens (including phenoxy) is 2. The Morgan fingerprint density at radius 2 is 1.54 bits per heavy atom. The van der Waals surface area contributed by atoms with Gasteiger partial charge >= 0.3 is 0 Å². The monoisotopic (exact) mass is 358 g/mol. The maximum Gasteiger partial charge on any atom is 0.122 e. The third-order valence-electron chi connectivity index (χ3n) is 5.10. The molecular formula is C24H38O2. The standard InChI is InChI=1S/C24H38O2/c1-2-3-4-5-6-7-8-9-10-11-12-13-14-17-22-18-15-16-19-24(22)26-21-23-20-25-23/h2-3,15-16,18-19,23H,4-14,17,20-21H2,1H3/b3-2+. The lowest BCUT2D eigenvalue weighted by Crippen LogP contribution is -2.05. The average molecular weight is 359 g/mol. The summed E-state index contributed by atoms with van der Waals surface area (Å²) in [6.45, 7) is 3.67. The third-order valence-corrected chi connectivity index (χ3v) is 5.10. The van der Waals surface area contributed by atoms with Crippen molar-refractivity contribution >= 4 is 0 Å². The van der Waals surface area contributed by atoms with Gasteiger partial charge in [0.1, 0.15) is 18.5 Å². The predicted octanol–water partition coefficient (Wildman–Crippen LogP) is 6.87. The number of allylic oxidation sites excluding steroid dienone is 2. The zero-order valence-corrected chi connectivity index (χ0v) is 16.8. The smallest absolute Gasteiger partial charge is 0.122 e. The van der Waals surface area contributed by atoms with Gasteiger partial charge in [-0.25, -0.2) is 0 Å². The van der Waals surface area contributed by atoms with Crippen LogP contribution >= 0.6 is 0 Å². The van der Waals surface area contributed by atoms with Crippen molar-refractivity contribution in [3.8, 4) is 5.75 Å². The first kappa shape index (κ1) is 21.0. The molecule has 26 heavy (non-hydrogen) atoms. The van der Waals surface area contributed by atoms with E-state index in [-0.39, 0.29) is 0 Å². The quantitative estimate of drug-likeness (QED) is 0.183. The molecule has 1 saturated heterocycles. The van der Waals surface area contributed by atoms with Gasteiger partial charge in [-0.15, -0.1) is 0 Å². The summed E-state index contributed by atoms with van der Waals surface area (Å²) in [5.74, 6) is 1.05. The van der Waals surface area contributed by atoms with E-state index in [1.807, 2.05) is 0 Å². The van der Waals surface area contributed by atoms with Gasteiger partial charge in [0.2, 0.25) is 0 Å². The van der Waals surface area contributed by atoms with Gasteiger partial charge in [-0.3, -0.25) is 0 Å². The number of aryl methyl sites for hydroxylation is 1. The molecule has 1 atom stereocenters. The largest absolute Gasteiger partial charge is 0.491 e. The minimum atomic E-state index is 0.330. The molecule has 1 aromatic rings. The Bertz CT molecular complexity index is 491. The van der Waals surface area contributed by atoms with Crippen molar-refractivity contribution in [2.45, 2.75) is 90.1 Å². The van der Waals surface area contributed by atoms with Gasteiger partial charge in [0.15, 0.2) is 0 Å². The van der Waals surface area contributed by atoms with E-state index in [0.29, 0.717) is 12.7 Å². The summed E-state index contributed by atoms with van der Waals surface area (Å²) in [5, 5.41) is 0. The summed E-state index contributed by atoms with van der Waals surface area (Å²) in [7, 11) is 0. The van der Waals surface area contributed by atoms with Crippen molar-refractivity contribution in [2.24, 2.45) is 0 Å². The normalized spacial score (nSPS) is 16.3. The van der Waals surface area contributed by atoms with E-state index in [9.17, 15) is 0 Å². The first-order valence-electron chi connectivity index (χ1n) is 10.8. The summed E-state index contributed by atoms with van der Waals surface area (Å²) in [5.41, 5.74) is 1.35. The van der Waals surface area contributed by atoms with Crippen LogP contribution in [0.1, 0.15) is 83.1 Å². The van der Waals surface area contributed by atoms with Gasteiger partial charge in [-0.2, -0.15) is 0 Å². The zero-order chi connectivity index (χ0) is 18.3. The molecule has 0 aromatic heterocycles. The highest BCUT2D eigenvalue weighted by Crippen LogP contribution is 2.22. The lowest BCUT2D eigenvalue weighted by molar-refractivity contribution is 0.261. The van der Waals surface area contributed by atoms with Crippen molar-refractivity contribution in [2.75, 3.05) is 13.2 Å². The molecule has 2 heteroatoms. The first-order chi connectivity index (χ1) is 12.9. The van der Waals surface area contributed by atoms with Gasteiger partial charge in [0.05, 0.1) is 6.61 Å². The fraction of sp³-hybridized carbons (Fsp3) is 0.667. The van der Waals surface area contributed by atoms with E-state index < -0.39 is 0 Å². The molecule has 0 amide bonds. The summed E-state index contributed by atoms with van der Waals surface area (Å²) in [6, 6.07) is 8.48. The van der Waals surface area contributed by atoms with Gasteiger partial charge in [0.25, 0.3) is 0 Å². The highest BCUT2D eigenvalue weighted by atomic mass is 16.6. The second-order valence-electron chi connectivity index (χ2n) is 7.52. The van der Waals surface area contributed by atoms with Crippen LogP contribution in [-0.4, -0.2) is 19.3 Å². The van der Waals surface area contributed by atoms with E-state index in [4.69, 9.17) is 9.47 Å². The Hall–Kier alpha value is -1.28. The van der Waals surface area contributed by atoms with Crippen LogP contribution in [0.4, 0.5) is 0 Å². The van der Waals surface area contributed by atoms with Crippen molar-refractivity contribution in [3.63, 3.8) is 0 Å². The highest BCUT2D eigenvalue weighted by Gasteiger charge is 2.23. The second kappa shape index (κ2) is 13.9. The third kappa shape index (κ3) is 10.0. The van der Waals surface area contributed by atoms with Crippen LogP contribution < -0.4 is 4.74 Å². The van der Waals surface area contributed by atoms with Gasteiger partial charge in [0, 0.05) is 0 Å². The first-order valence-corrected chi connectivity index (χ1v) is 10.8. The minimum Gasteiger partial charge on any atom is -0.491 e. The zero-order valence-electron chi connectivity index (χ0n) is 16.8. The minimum absolute atomic E-state index is 0.330. The van der Waals surface area contributed by atoms with E-state index in [1.165, 1.54) is 76.2 Å². The SMILES string of the molecule is C/C=C/CCCCCCCCCCCCc1ccccc1OCC1CO1. The van der Waals surface area contributed by atoms with Crippen LogP contribution in [0.5, 0.6) is 5.75 Å². The van der Waals surface area contributed by atoms with Crippen molar-refractivity contribution in [1.82, 2.24) is 0 Å². The Kier molecular flexibility index (Phi) is 11.2. The van der Waals surface area contributed by atoms with Crippen molar-refractivity contribution in [1.29, 1.82) is 0 Å². The Labute approximate surface area is 161 Å². The summed E-state index contributed by atoms with van der Waals surface area (Å²) in [4.78, 5) is 0. The second-order valence-corrected chi connectivity index (χ2v) is 7.52. The van der Waals surface area contributed by atoms with Gasteiger partial charge in [-0.1, -0.05) is 81.7 Å². The van der Waals surface area contributed by atoms with Crippen molar-refractivity contribution < 1.29 is 9.47 Å². The van der Waals surface area contributed by atoms with E-state index >= 15 is 0 Å².